The molecular formula is C25H35N3O2. The van der Waals surface area contributed by atoms with Crippen molar-refractivity contribution in [2.75, 3.05) is 0 Å². The van der Waals surface area contributed by atoms with Crippen LogP contribution in [0, 0.1) is 34.5 Å². The minimum atomic E-state index is -0.153. The summed E-state index contributed by atoms with van der Waals surface area (Å²) in [6, 6.07) is 3.44. The molecule has 0 bridgehead atoms. The van der Waals surface area contributed by atoms with Crippen LogP contribution in [0.5, 0.6) is 0 Å². The molecule has 30 heavy (non-hydrogen) atoms. The second-order valence-electron chi connectivity index (χ2n) is 10.8. The van der Waals surface area contributed by atoms with Crippen molar-refractivity contribution in [1.82, 2.24) is 10.4 Å². The highest BCUT2D eigenvalue weighted by atomic mass is 16.3. The summed E-state index contributed by atoms with van der Waals surface area (Å²) in [6.07, 6.45) is 13.6. The molecule has 0 radical (unpaired) electrons. The highest BCUT2D eigenvalue weighted by Gasteiger charge is 2.59. The number of aromatic nitrogens is 1. The van der Waals surface area contributed by atoms with Gasteiger partial charge in [0, 0.05) is 29.1 Å². The average molecular weight is 410 g/mol. The number of carbonyl (C=O) groups is 1. The van der Waals surface area contributed by atoms with Gasteiger partial charge in [0.25, 0.3) is 5.91 Å². The van der Waals surface area contributed by atoms with Crippen LogP contribution in [-0.2, 0) is 0 Å². The minimum Gasteiger partial charge on any atom is -0.393 e. The van der Waals surface area contributed by atoms with E-state index in [0.29, 0.717) is 22.8 Å². The molecule has 5 rings (SSSR count). The molecule has 1 aromatic rings. The fourth-order valence-electron chi connectivity index (χ4n) is 7.89. The normalized spacial score (nSPS) is 44.1. The van der Waals surface area contributed by atoms with Gasteiger partial charge in [-0.05, 0) is 99.0 Å². The lowest BCUT2D eigenvalue weighted by atomic mass is 9.45. The fourth-order valence-corrected chi connectivity index (χ4v) is 7.89. The number of fused-ring (bicyclic) bond motifs is 5. The number of pyridine rings is 1. The first kappa shape index (κ1) is 20.2. The van der Waals surface area contributed by atoms with E-state index < -0.39 is 0 Å². The van der Waals surface area contributed by atoms with Crippen LogP contribution in [0.2, 0.25) is 0 Å². The van der Waals surface area contributed by atoms with Crippen molar-refractivity contribution in [3.63, 3.8) is 0 Å². The van der Waals surface area contributed by atoms with Gasteiger partial charge in [-0.3, -0.25) is 9.78 Å². The van der Waals surface area contributed by atoms with E-state index in [9.17, 15) is 9.90 Å². The summed E-state index contributed by atoms with van der Waals surface area (Å²) in [7, 11) is 0. The standard InChI is InChI=1S/C25H35N3O2/c1-24-11-7-18(29)15-17(24)3-4-19-20-5-6-22(25(20,2)12-8-21(19)24)27-28-23(30)16-9-13-26-14-10-16/h9-10,13-14,17-21,29H,3-8,11-12,15H2,1-2H3,(H,28,30)/b27-22+/t17-,18+,19+,20+,21+,24-,25-/m0/s1. The third-order valence-corrected chi connectivity index (χ3v) is 9.61. The van der Waals surface area contributed by atoms with E-state index >= 15 is 0 Å². The number of amides is 1. The van der Waals surface area contributed by atoms with E-state index in [1.54, 1.807) is 24.5 Å². The van der Waals surface area contributed by atoms with Crippen LogP contribution >= 0.6 is 0 Å². The molecule has 162 valence electrons. The second kappa shape index (κ2) is 7.44. The molecule has 4 aliphatic carbocycles. The molecule has 0 aromatic carbocycles. The molecule has 1 heterocycles. The van der Waals surface area contributed by atoms with Gasteiger partial charge in [0.2, 0.25) is 0 Å². The highest BCUT2D eigenvalue weighted by molar-refractivity contribution is 5.97. The van der Waals surface area contributed by atoms with Crippen LogP contribution in [0.25, 0.3) is 0 Å². The van der Waals surface area contributed by atoms with Gasteiger partial charge in [0.1, 0.15) is 0 Å². The number of hydrogen-bond donors (Lipinski definition) is 2. The Morgan fingerprint density at radius 2 is 1.90 bits per heavy atom. The van der Waals surface area contributed by atoms with Crippen molar-refractivity contribution >= 4 is 11.6 Å². The van der Waals surface area contributed by atoms with E-state index in [1.807, 2.05) is 0 Å². The number of aliphatic hydroxyl groups excluding tert-OH is 1. The molecule has 7 atom stereocenters. The summed E-state index contributed by atoms with van der Waals surface area (Å²) >= 11 is 0. The largest absolute Gasteiger partial charge is 0.393 e. The van der Waals surface area contributed by atoms with Crippen LogP contribution in [-0.4, -0.2) is 27.8 Å². The first-order chi connectivity index (χ1) is 14.4. The Bertz CT molecular complexity index is 840. The molecule has 4 aliphatic rings. The number of nitrogens with one attached hydrogen (secondary N) is 1. The summed E-state index contributed by atoms with van der Waals surface area (Å²) in [5.74, 6) is 2.77. The van der Waals surface area contributed by atoms with Crippen LogP contribution in [0.4, 0.5) is 0 Å². The molecule has 1 amide bonds. The van der Waals surface area contributed by atoms with Crippen molar-refractivity contribution in [2.45, 2.75) is 77.7 Å². The van der Waals surface area contributed by atoms with Crippen LogP contribution < -0.4 is 5.43 Å². The van der Waals surface area contributed by atoms with Gasteiger partial charge < -0.3 is 5.11 Å². The van der Waals surface area contributed by atoms with E-state index in [4.69, 9.17) is 0 Å². The van der Waals surface area contributed by atoms with Gasteiger partial charge in [-0.1, -0.05) is 13.8 Å². The molecule has 0 saturated heterocycles. The predicted octanol–water partition coefficient (Wildman–Crippen LogP) is 4.57. The highest BCUT2D eigenvalue weighted by Crippen LogP contribution is 2.65. The van der Waals surface area contributed by atoms with E-state index in [0.717, 1.165) is 31.1 Å². The van der Waals surface area contributed by atoms with Crippen LogP contribution in [0.1, 0.15) is 82.0 Å². The molecule has 0 unspecified atom stereocenters. The topological polar surface area (TPSA) is 74.6 Å². The summed E-state index contributed by atoms with van der Waals surface area (Å²) in [4.78, 5) is 16.4. The minimum absolute atomic E-state index is 0.0808. The number of hydrogen-bond acceptors (Lipinski definition) is 4. The molecule has 4 fully saturated rings. The van der Waals surface area contributed by atoms with E-state index in [1.165, 1.54) is 44.2 Å². The summed E-state index contributed by atoms with van der Waals surface area (Å²) in [5, 5.41) is 14.9. The Hall–Kier alpha value is -1.75. The Labute approximate surface area is 179 Å². The van der Waals surface area contributed by atoms with Crippen LogP contribution in [0.3, 0.4) is 0 Å². The Balaban J connectivity index is 1.33. The van der Waals surface area contributed by atoms with Gasteiger partial charge in [-0.15, -0.1) is 0 Å². The zero-order valence-electron chi connectivity index (χ0n) is 18.3. The second-order valence-corrected chi connectivity index (χ2v) is 10.8. The molecule has 4 saturated carbocycles. The van der Waals surface area contributed by atoms with Gasteiger partial charge in [-0.25, -0.2) is 5.43 Å². The summed E-state index contributed by atoms with van der Waals surface area (Å²) in [5.41, 5.74) is 5.13. The zero-order valence-corrected chi connectivity index (χ0v) is 18.3. The third-order valence-electron chi connectivity index (χ3n) is 9.61. The van der Waals surface area contributed by atoms with Gasteiger partial charge in [-0.2, -0.15) is 5.10 Å². The average Bonchev–Trinajstić information content (AvgIpc) is 3.09. The lowest BCUT2D eigenvalue weighted by Gasteiger charge is -2.60. The number of carbonyl (C=O) groups excluding carboxylic acids is 1. The zero-order chi connectivity index (χ0) is 20.9. The van der Waals surface area contributed by atoms with Gasteiger partial charge in [0.05, 0.1) is 6.10 Å². The SMILES string of the molecule is C[C@]12CC[C@@H](O)C[C@@H]1CC[C@H]1[C@H]2CC[C@]2(C)/C(=N/NC(=O)c3ccncc3)CC[C@H]12. The molecule has 5 heteroatoms. The van der Waals surface area contributed by atoms with Crippen LogP contribution in [0.15, 0.2) is 29.6 Å². The van der Waals surface area contributed by atoms with Crippen molar-refractivity contribution in [3.8, 4) is 0 Å². The first-order valence-corrected chi connectivity index (χ1v) is 11.9. The Morgan fingerprint density at radius 3 is 2.70 bits per heavy atom. The quantitative estimate of drug-likeness (QED) is 0.703. The molecular weight excluding hydrogens is 374 g/mol. The van der Waals surface area contributed by atoms with E-state index in [-0.39, 0.29) is 17.4 Å². The van der Waals surface area contributed by atoms with Crippen molar-refractivity contribution in [2.24, 2.45) is 39.6 Å². The molecule has 0 spiro atoms. The summed E-state index contributed by atoms with van der Waals surface area (Å²) < 4.78 is 0. The predicted molar refractivity (Wildman–Crippen MR) is 117 cm³/mol. The maximum atomic E-state index is 12.5. The molecule has 1 aromatic heterocycles. The van der Waals surface area contributed by atoms with Crippen molar-refractivity contribution in [1.29, 1.82) is 0 Å². The first-order valence-electron chi connectivity index (χ1n) is 11.9. The number of aliphatic hydroxyl groups is 1. The third kappa shape index (κ3) is 3.12. The van der Waals surface area contributed by atoms with Gasteiger partial charge >= 0.3 is 0 Å². The number of rotatable bonds is 2. The molecule has 5 nitrogen and oxygen atoms in total. The Morgan fingerprint density at radius 1 is 1.10 bits per heavy atom. The maximum absolute atomic E-state index is 12.5. The smallest absolute Gasteiger partial charge is 0.271 e. The van der Waals surface area contributed by atoms with E-state index in [2.05, 4.69) is 29.4 Å². The number of hydrazone groups is 1. The van der Waals surface area contributed by atoms with Gasteiger partial charge in [0.15, 0.2) is 0 Å². The number of nitrogens with zero attached hydrogens (tertiary/aromatic N) is 2. The molecule has 0 aliphatic heterocycles. The van der Waals surface area contributed by atoms with Crippen molar-refractivity contribution in [3.05, 3.63) is 30.1 Å². The summed E-state index contributed by atoms with van der Waals surface area (Å²) in [6.45, 7) is 4.93. The monoisotopic (exact) mass is 409 g/mol. The fraction of sp³-hybridized carbons (Fsp3) is 0.720. The maximum Gasteiger partial charge on any atom is 0.271 e. The Kier molecular flexibility index (Phi) is 5.00. The molecule has 2 N–H and O–H groups in total. The van der Waals surface area contributed by atoms with Crippen molar-refractivity contribution < 1.29 is 9.90 Å². The lowest BCUT2D eigenvalue weighted by molar-refractivity contribution is -0.113. The lowest BCUT2D eigenvalue weighted by Crippen LogP contribution is -2.54.